The molecule has 2 rings (SSSR count). The highest BCUT2D eigenvalue weighted by Crippen LogP contribution is 2.20. The first kappa shape index (κ1) is 24.6. The summed E-state index contributed by atoms with van der Waals surface area (Å²) in [5, 5.41) is 4.65. The predicted octanol–water partition coefficient (Wildman–Crippen LogP) is 2.67. The summed E-state index contributed by atoms with van der Waals surface area (Å²) in [5.41, 5.74) is 0.822. The van der Waals surface area contributed by atoms with Crippen molar-refractivity contribution in [2.45, 2.75) is 58.2 Å². The van der Waals surface area contributed by atoms with Gasteiger partial charge in [-0.2, -0.15) is 0 Å². The fourth-order valence-electron chi connectivity index (χ4n) is 3.27. The second kappa shape index (κ2) is 12.2. The fourth-order valence-corrected chi connectivity index (χ4v) is 3.44. The SMILES string of the molecule is CC(C)C[C@H](NC(=O)OCc1ccccc1)C(=O)N[C@@H](C[C@@H]1CCC=NC1=O)C(=O)S. The Bertz CT molecular complexity index is 813. The first-order chi connectivity index (χ1) is 14.8. The van der Waals surface area contributed by atoms with Crippen molar-refractivity contribution < 1.29 is 23.9 Å². The van der Waals surface area contributed by atoms with Crippen LogP contribution in [-0.4, -0.2) is 41.3 Å². The lowest BCUT2D eigenvalue weighted by molar-refractivity contribution is -0.128. The van der Waals surface area contributed by atoms with E-state index in [4.69, 9.17) is 4.74 Å². The summed E-state index contributed by atoms with van der Waals surface area (Å²) in [5.74, 6) is -1.17. The number of carbonyl (C=O) groups excluding carboxylic acids is 4. The van der Waals surface area contributed by atoms with Crippen molar-refractivity contribution in [2.24, 2.45) is 16.8 Å². The number of aliphatic imine (C=N–C) groups is 1. The molecule has 3 atom stereocenters. The van der Waals surface area contributed by atoms with E-state index >= 15 is 0 Å². The Morgan fingerprint density at radius 1 is 1.16 bits per heavy atom. The summed E-state index contributed by atoms with van der Waals surface area (Å²) in [6, 6.07) is 7.34. The molecule has 1 heterocycles. The van der Waals surface area contributed by atoms with Crippen molar-refractivity contribution in [2.75, 3.05) is 0 Å². The van der Waals surface area contributed by atoms with Crippen molar-refractivity contribution in [3.8, 4) is 0 Å². The molecule has 2 N–H and O–H groups in total. The van der Waals surface area contributed by atoms with Crippen LogP contribution in [0.5, 0.6) is 0 Å². The number of nitrogens with zero attached hydrogens (tertiary/aromatic N) is 1. The van der Waals surface area contributed by atoms with Crippen molar-refractivity contribution in [1.29, 1.82) is 0 Å². The molecule has 0 unspecified atom stereocenters. The highest BCUT2D eigenvalue weighted by molar-refractivity contribution is 7.96. The lowest BCUT2D eigenvalue weighted by Gasteiger charge is -2.25. The number of rotatable bonds is 10. The maximum atomic E-state index is 12.8. The number of benzene rings is 1. The van der Waals surface area contributed by atoms with Crippen LogP contribution in [0.15, 0.2) is 35.3 Å². The Morgan fingerprint density at radius 2 is 1.87 bits per heavy atom. The first-order valence-corrected chi connectivity index (χ1v) is 10.8. The zero-order valence-corrected chi connectivity index (χ0v) is 18.6. The maximum absolute atomic E-state index is 12.8. The minimum absolute atomic E-state index is 0.0742. The third kappa shape index (κ3) is 8.53. The number of nitrogens with one attached hydrogen (secondary N) is 2. The molecule has 1 aromatic carbocycles. The van der Waals surface area contributed by atoms with Gasteiger partial charge < -0.3 is 15.4 Å². The summed E-state index contributed by atoms with van der Waals surface area (Å²) >= 11 is 3.86. The molecule has 0 spiro atoms. The van der Waals surface area contributed by atoms with Crippen LogP contribution >= 0.6 is 12.6 Å². The molecule has 0 radical (unpaired) electrons. The molecule has 0 saturated heterocycles. The molecule has 3 amide bonds. The highest BCUT2D eigenvalue weighted by atomic mass is 32.1. The third-order valence-electron chi connectivity index (χ3n) is 4.88. The van der Waals surface area contributed by atoms with Crippen LogP contribution in [0.3, 0.4) is 0 Å². The lowest BCUT2D eigenvalue weighted by atomic mass is 9.93. The Kier molecular flexibility index (Phi) is 9.71. The minimum atomic E-state index is -0.949. The van der Waals surface area contributed by atoms with Gasteiger partial charge in [0, 0.05) is 12.1 Å². The molecule has 1 aromatic rings. The first-order valence-electron chi connectivity index (χ1n) is 10.3. The van der Waals surface area contributed by atoms with E-state index in [1.165, 1.54) is 0 Å². The Labute approximate surface area is 187 Å². The summed E-state index contributed by atoms with van der Waals surface area (Å²) in [6.45, 7) is 3.90. The molecule has 1 aliphatic rings. The largest absolute Gasteiger partial charge is 0.445 e. The summed E-state index contributed by atoms with van der Waals surface area (Å²) in [7, 11) is 0. The topological polar surface area (TPSA) is 114 Å². The third-order valence-corrected chi connectivity index (χ3v) is 5.19. The number of thiol groups is 1. The van der Waals surface area contributed by atoms with Gasteiger partial charge in [0.05, 0.1) is 6.04 Å². The summed E-state index contributed by atoms with van der Waals surface area (Å²) in [6.07, 6.45) is 2.51. The normalized spacial score (nSPS) is 17.7. The van der Waals surface area contributed by atoms with Crippen LogP contribution in [-0.2, 0) is 25.7 Å². The van der Waals surface area contributed by atoms with Crippen molar-refractivity contribution in [1.82, 2.24) is 10.6 Å². The van der Waals surface area contributed by atoms with Gasteiger partial charge in [-0.1, -0.05) is 44.2 Å². The van der Waals surface area contributed by atoms with E-state index in [0.717, 1.165) is 5.56 Å². The molecule has 168 valence electrons. The Morgan fingerprint density at radius 3 is 2.48 bits per heavy atom. The van der Waals surface area contributed by atoms with Gasteiger partial charge in [0.2, 0.25) is 16.9 Å². The lowest BCUT2D eigenvalue weighted by Crippen LogP contribution is -2.52. The quantitative estimate of drug-likeness (QED) is 0.477. The van der Waals surface area contributed by atoms with Gasteiger partial charge in [-0.05, 0) is 37.2 Å². The second-order valence-electron chi connectivity index (χ2n) is 7.95. The van der Waals surface area contributed by atoms with E-state index in [0.29, 0.717) is 19.3 Å². The van der Waals surface area contributed by atoms with Gasteiger partial charge in [-0.15, -0.1) is 12.6 Å². The number of carbonyl (C=O) groups is 4. The van der Waals surface area contributed by atoms with Gasteiger partial charge in [-0.25, -0.2) is 9.79 Å². The van der Waals surface area contributed by atoms with E-state index in [1.54, 1.807) is 6.21 Å². The van der Waals surface area contributed by atoms with Crippen LogP contribution in [0, 0.1) is 11.8 Å². The Balaban J connectivity index is 1.97. The van der Waals surface area contributed by atoms with Crippen molar-refractivity contribution >= 4 is 41.9 Å². The number of hydrogen-bond donors (Lipinski definition) is 3. The van der Waals surface area contributed by atoms with E-state index in [1.807, 2.05) is 44.2 Å². The smallest absolute Gasteiger partial charge is 0.408 e. The van der Waals surface area contributed by atoms with Gasteiger partial charge in [-0.3, -0.25) is 14.4 Å². The molecule has 9 heteroatoms. The Hall–Kier alpha value is -2.68. The predicted molar refractivity (Wildman–Crippen MR) is 120 cm³/mol. The molecule has 8 nitrogen and oxygen atoms in total. The molecule has 0 saturated carbocycles. The van der Waals surface area contributed by atoms with E-state index < -0.39 is 35.1 Å². The van der Waals surface area contributed by atoms with Crippen LogP contribution in [0.2, 0.25) is 0 Å². The van der Waals surface area contributed by atoms with Crippen molar-refractivity contribution in [3.63, 3.8) is 0 Å². The minimum Gasteiger partial charge on any atom is -0.445 e. The molecule has 0 bridgehead atoms. The summed E-state index contributed by atoms with van der Waals surface area (Å²) in [4.78, 5) is 52.8. The van der Waals surface area contributed by atoms with Crippen LogP contribution in [0.25, 0.3) is 0 Å². The van der Waals surface area contributed by atoms with Crippen LogP contribution in [0.4, 0.5) is 4.79 Å². The zero-order valence-electron chi connectivity index (χ0n) is 17.7. The number of amides is 3. The average Bonchev–Trinajstić information content (AvgIpc) is 2.73. The molecule has 0 aliphatic carbocycles. The van der Waals surface area contributed by atoms with E-state index in [-0.39, 0.29) is 24.9 Å². The average molecular weight is 448 g/mol. The van der Waals surface area contributed by atoms with Crippen LogP contribution in [0.1, 0.15) is 45.1 Å². The molecule has 1 aliphatic heterocycles. The van der Waals surface area contributed by atoms with Crippen LogP contribution < -0.4 is 10.6 Å². The number of hydrogen-bond acceptors (Lipinski definition) is 5. The number of alkyl carbamates (subject to hydrolysis) is 1. The summed E-state index contributed by atoms with van der Waals surface area (Å²) < 4.78 is 5.21. The van der Waals surface area contributed by atoms with Gasteiger partial charge in [0.15, 0.2) is 0 Å². The maximum Gasteiger partial charge on any atom is 0.408 e. The zero-order chi connectivity index (χ0) is 22.8. The van der Waals surface area contributed by atoms with Gasteiger partial charge >= 0.3 is 6.09 Å². The monoisotopic (exact) mass is 447 g/mol. The molecule has 31 heavy (non-hydrogen) atoms. The van der Waals surface area contributed by atoms with Gasteiger partial charge in [0.25, 0.3) is 0 Å². The molecular formula is C22H29N3O5S. The molecular weight excluding hydrogens is 418 g/mol. The van der Waals surface area contributed by atoms with Gasteiger partial charge in [0.1, 0.15) is 12.6 Å². The molecule has 0 fully saturated rings. The van der Waals surface area contributed by atoms with Crippen molar-refractivity contribution in [3.05, 3.63) is 35.9 Å². The van der Waals surface area contributed by atoms with E-state index in [2.05, 4.69) is 28.3 Å². The fraction of sp³-hybridized carbons (Fsp3) is 0.500. The molecule has 0 aromatic heterocycles. The standard InChI is InChI=1S/C22H29N3O5S/c1-14(2)11-17(25-22(29)30-13-15-7-4-3-5-8-15)20(27)24-18(21(28)31)12-16-9-6-10-23-19(16)26/h3-5,7-8,10,14,16-18H,6,9,11-13H2,1-2H3,(H,24,27)(H,25,29)(H,28,31)/t16-,17-,18-/m0/s1. The number of ether oxygens (including phenoxy) is 1. The highest BCUT2D eigenvalue weighted by Gasteiger charge is 2.31. The van der Waals surface area contributed by atoms with E-state index in [9.17, 15) is 19.2 Å². The second-order valence-corrected chi connectivity index (χ2v) is 8.39.